The second kappa shape index (κ2) is 8.78. The number of hydrogen-bond acceptors (Lipinski definition) is 4. The Kier molecular flexibility index (Phi) is 6.14. The van der Waals surface area contributed by atoms with Crippen molar-refractivity contribution in [3.63, 3.8) is 0 Å². The second-order valence-electron chi connectivity index (χ2n) is 8.74. The van der Waals surface area contributed by atoms with Gasteiger partial charge in [0.05, 0.1) is 11.2 Å². The van der Waals surface area contributed by atoms with Crippen molar-refractivity contribution in [1.29, 1.82) is 0 Å². The molecule has 1 N–H and O–H groups in total. The number of aryl methyl sites for hydroxylation is 2. The van der Waals surface area contributed by atoms with E-state index in [1.807, 2.05) is 19.1 Å². The Labute approximate surface area is 177 Å². The Hall–Kier alpha value is -2.01. The molecule has 1 aromatic carbocycles. The minimum absolute atomic E-state index is 0.0851. The molecule has 2 aliphatic carbocycles. The molecule has 1 amide bonds. The third-order valence-corrected chi connectivity index (χ3v) is 7.56. The number of hydrogen-bond donors (Lipinski definition) is 1. The number of carbonyl (C=O) groups excluding carboxylic acids is 2. The number of carbonyl (C=O) groups is 2. The molecule has 1 heterocycles. The van der Waals surface area contributed by atoms with Crippen LogP contribution in [-0.4, -0.2) is 16.7 Å². The summed E-state index contributed by atoms with van der Waals surface area (Å²) in [5.41, 5.74) is 3.47. The summed E-state index contributed by atoms with van der Waals surface area (Å²) < 4.78 is 0. The van der Waals surface area contributed by atoms with Crippen molar-refractivity contribution in [2.75, 3.05) is 5.32 Å². The summed E-state index contributed by atoms with van der Waals surface area (Å²) in [6, 6.07) is 6.15. The molecular weight excluding hydrogens is 380 g/mol. The molecule has 2 aliphatic rings. The van der Waals surface area contributed by atoms with Gasteiger partial charge in [0.1, 0.15) is 5.00 Å². The van der Waals surface area contributed by atoms with Crippen molar-refractivity contribution in [3.8, 4) is 0 Å². The molecule has 29 heavy (non-hydrogen) atoms. The molecule has 2 aromatic rings. The van der Waals surface area contributed by atoms with Crippen molar-refractivity contribution in [3.05, 3.63) is 46.1 Å². The normalized spacial score (nSPS) is 24.6. The number of rotatable bonds is 4. The monoisotopic (exact) mass is 410 g/mol. The SMILES string of the molecule is Cc1ncc(NC(=O)C2CCC(CC3CCCc4c(C)cccc4C3=O)CC2)s1. The highest BCUT2D eigenvalue weighted by molar-refractivity contribution is 7.15. The summed E-state index contributed by atoms with van der Waals surface area (Å²) in [5.74, 6) is 1.27. The van der Waals surface area contributed by atoms with Crippen LogP contribution in [-0.2, 0) is 11.2 Å². The van der Waals surface area contributed by atoms with Crippen molar-refractivity contribution >= 4 is 28.0 Å². The zero-order chi connectivity index (χ0) is 20.4. The number of amides is 1. The maximum Gasteiger partial charge on any atom is 0.228 e. The summed E-state index contributed by atoms with van der Waals surface area (Å²) in [5, 5.41) is 4.83. The Balaban J connectivity index is 1.32. The topological polar surface area (TPSA) is 59.1 Å². The van der Waals surface area contributed by atoms with Crippen LogP contribution < -0.4 is 5.32 Å². The van der Waals surface area contributed by atoms with Crippen LogP contribution in [0.2, 0.25) is 0 Å². The van der Waals surface area contributed by atoms with Crippen LogP contribution in [0, 0.1) is 31.6 Å². The first-order valence-corrected chi connectivity index (χ1v) is 11.7. The Morgan fingerprint density at radius 1 is 1.17 bits per heavy atom. The van der Waals surface area contributed by atoms with Gasteiger partial charge in [0.2, 0.25) is 5.91 Å². The molecule has 1 atom stereocenters. The number of nitrogens with zero attached hydrogens (tertiary/aromatic N) is 1. The fourth-order valence-corrected chi connectivity index (χ4v) is 5.75. The van der Waals surface area contributed by atoms with Crippen molar-refractivity contribution in [2.45, 2.75) is 65.2 Å². The molecule has 1 aromatic heterocycles. The van der Waals surface area contributed by atoms with E-state index in [1.165, 1.54) is 22.5 Å². The lowest BCUT2D eigenvalue weighted by atomic mass is 9.76. The second-order valence-corrected chi connectivity index (χ2v) is 9.98. The zero-order valence-electron chi connectivity index (χ0n) is 17.4. The van der Waals surface area contributed by atoms with E-state index in [4.69, 9.17) is 0 Å². The predicted octanol–water partition coefficient (Wildman–Crippen LogP) is 5.73. The van der Waals surface area contributed by atoms with Crippen LogP contribution in [0.3, 0.4) is 0 Å². The first kappa shape index (κ1) is 20.3. The highest BCUT2D eigenvalue weighted by Gasteiger charge is 2.32. The average Bonchev–Trinajstić information content (AvgIpc) is 3.05. The van der Waals surface area contributed by atoms with Crippen LogP contribution in [0.25, 0.3) is 0 Å². The number of nitrogens with one attached hydrogen (secondary N) is 1. The van der Waals surface area contributed by atoms with Crippen molar-refractivity contribution in [1.82, 2.24) is 4.98 Å². The fraction of sp³-hybridized carbons (Fsp3) is 0.542. The number of Topliss-reactive ketones (excluding diaryl/α,β-unsaturated/α-hetero) is 1. The standard InChI is InChI=1S/C24H30N2O2S/c1-15-5-3-8-21-20(15)7-4-6-19(23(21)27)13-17-9-11-18(12-10-17)24(28)26-22-14-25-16(2)29-22/h3,5,8,14,17-19H,4,6-7,9-13H2,1-2H3,(H,26,28). The van der Waals surface area contributed by atoms with E-state index in [2.05, 4.69) is 23.3 Å². The first-order chi connectivity index (χ1) is 14.0. The van der Waals surface area contributed by atoms with Crippen molar-refractivity contribution < 1.29 is 9.59 Å². The predicted molar refractivity (Wildman–Crippen MR) is 117 cm³/mol. The Bertz CT molecular complexity index is 896. The van der Waals surface area contributed by atoms with Crippen LogP contribution in [0.5, 0.6) is 0 Å². The number of benzene rings is 1. The molecule has 0 saturated heterocycles. The molecule has 1 fully saturated rings. The van der Waals surface area contributed by atoms with Gasteiger partial charge in [-0.25, -0.2) is 4.98 Å². The van der Waals surface area contributed by atoms with E-state index in [0.29, 0.717) is 11.7 Å². The first-order valence-electron chi connectivity index (χ1n) is 10.9. The van der Waals surface area contributed by atoms with Gasteiger partial charge in [-0.05, 0) is 82.3 Å². The molecule has 0 aliphatic heterocycles. The van der Waals surface area contributed by atoms with Gasteiger partial charge < -0.3 is 5.32 Å². The summed E-state index contributed by atoms with van der Waals surface area (Å²) in [4.78, 5) is 29.9. The van der Waals surface area contributed by atoms with Gasteiger partial charge in [-0.2, -0.15) is 0 Å². The van der Waals surface area contributed by atoms with Gasteiger partial charge >= 0.3 is 0 Å². The van der Waals surface area contributed by atoms with Gasteiger partial charge in [0, 0.05) is 17.4 Å². The lowest BCUT2D eigenvalue weighted by molar-refractivity contribution is -0.121. The van der Waals surface area contributed by atoms with Crippen LogP contribution in [0.1, 0.15) is 71.4 Å². The number of fused-ring (bicyclic) bond motifs is 1. The molecule has 4 rings (SSSR count). The smallest absolute Gasteiger partial charge is 0.228 e. The van der Waals surface area contributed by atoms with E-state index < -0.39 is 0 Å². The molecule has 0 spiro atoms. The molecule has 0 radical (unpaired) electrons. The number of anilines is 1. The molecule has 0 bridgehead atoms. The lowest BCUT2D eigenvalue weighted by Crippen LogP contribution is -2.28. The Morgan fingerprint density at radius 2 is 1.97 bits per heavy atom. The van der Waals surface area contributed by atoms with Gasteiger partial charge in [-0.3, -0.25) is 9.59 Å². The van der Waals surface area contributed by atoms with Crippen molar-refractivity contribution in [2.24, 2.45) is 17.8 Å². The molecular formula is C24H30N2O2S. The number of aromatic nitrogens is 1. The number of ketones is 1. The highest BCUT2D eigenvalue weighted by Crippen LogP contribution is 2.37. The van der Waals surface area contributed by atoms with E-state index in [1.54, 1.807) is 6.20 Å². The van der Waals surface area contributed by atoms with E-state index >= 15 is 0 Å². The van der Waals surface area contributed by atoms with Gasteiger partial charge in [0.15, 0.2) is 5.78 Å². The van der Waals surface area contributed by atoms with Crippen LogP contribution >= 0.6 is 11.3 Å². The Morgan fingerprint density at radius 3 is 2.69 bits per heavy atom. The van der Waals surface area contributed by atoms with E-state index in [-0.39, 0.29) is 17.7 Å². The van der Waals surface area contributed by atoms with E-state index in [0.717, 1.165) is 66.9 Å². The summed E-state index contributed by atoms with van der Waals surface area (Å²) in [6.07, 6.45) is 9.77. The maximum absolute atomic E-state index is 13.2. The minimum atomic E-state index is 0.0851. The maximum atomic E-state index is 13.2. The molecule has 5 heteroatoms. The largest absolute Gasteiger partial charge is 0.316 e. The molecule has 1 unspecified atom stereocenters. The lowest BCUT2D eigenvalue weighted by Gasteiger charge is -2.29. The molecule has 4 nitrogen and oxygen atoms in total. The van der Waals surface area contributed by atoms with Gasteiger partial charge in [0.25, 0.3) is 0 Å². The van der Waals surface area contributed by atoms with Crippen LogP contribution in [0.4, 0.5) is 5.00 Å². The van der Waals surface area contributed by atoms with Crippen LogP contribution in [0.15, 0.2) is 24.4 Å². The minimum Gasteiger partial charge on any atom is -0.316 e. The molecule has 154 valence electrons. The summed E-state index contributed by atoms with van der Waals surface area (Å²) in [7, 11) is 0. The zero-order valence-corrected chi connectivity index (χ0v) is 18.2. The summed E-state index contributed by atoms with van der Waals surface area (Å²) >= 11 is 1.52. The highest BCUT2D eigenvalue weighted by atomic mass is 32.1. The quantitative estimate of drug-likeness (QED) is 0.655. The van der Waals surface area contributed by atoms with Gasteiger partial charge in [-0.15, -0.1) is 11.3 Å². The van der Waals surface area contributed by atoms with E-state index in [9.17, 15) is 9.59 Å². The third kappa shape index (κ3) is 4.61. The van der Waals surface area contributed by atoms with Gasteiger partial charge in [-0.1, -0.05) is 18.2 Å². The summed E-state index contributed by atoms with van der Waals surface area (Å²) in [6.45, 7) is 4.06. The third-order valence-electron chi connectivity index (χ3n) is 6.73. The average molecular weight is 411 g/mol. The number of thiazole rings is 1. The fourth-order valence-electron chi connectivity index (χ4n) is 5.07. The molecule has 1 saturated carbocycles.